The standard InChI is InChI=1S/C17H16BrNO3/c1-17(2,11-3-8-14-15(9-11)22-10-21-14)16(20)19-13-6-4-12(18)5-7-13/h3-9H,10H2,1-2H3,(H,19,20). The number of benzene rings is 2. The van der Waals surface area contributed by atoms with Crippen LogP contribution in [0.2, 0.25) is 0 Å². The van der Waals surface area contributed by atoms with Crippen molar-refractivity contribution in [1.82, 2.24) is 0 Å². The van der Waals surface area contributed by atoms with Crippen molar-refractivity contribution in [2.24, 2.45) is 0 Å². The fraction of sp³-hybridized carbons (Fsp3) is 0.235. The van der Waals surface area contributed by atoms with Gasteiger partial charge in [0.1, 0.15) is 0 Å². The van der Waals surface area contributed by atoms with Crippen molar-refractivity contribution in [2.75, 3.05) is 12.1 Å². The molecule has 0 saturated carbocycles. The highest BCUT2D eigenvalue weighted by Gasteiger charge is 2.31. The first kappa shape index (κ1) is 14.9. The van der Waals surface area contributed by atoms with Crippen LogP contribution in [0.5, 0.6) is 11.5 Å². The molecule has 1 amide bonds. The van der Waals surface area contributed by atoms with Gasteiger partial charge in [0.05, 0.1) is 5.41 Å². The van der Waals surface area contributed by atoms with Crippen molar-refractivity contribution in [2.45, 2.75) is 19.3 Å². The minimum absolute atomic E-state index is 0.0753. The largest absolute Gasteiger partial charge is 0.454 e. The Balaban J connectivity index is 1.82. The Morgan fingerprint density at radius 2 is 1.77 bits per heavy atom. The summed E-state index contributed by atoms with van der Waals surface area (Å²) in [6.07, 6.45) is 0. The monoisotopic (exact) mass is 361 g/mol. The summed E-state index contributed by atoms with van der Waals surface area (Å²) in [5.41, 5.74) is 0.960. The molecule has 0 atom stereocenters. The van der Waals surface area contributed by atoms with Gasteiger partial charge in [-0.15, -0.1) is 0 Å². The number of ether oxygens (including phenoxy) is 2. The van der Waals surface area contributed by atoms with Gasteiger partial charge in [-0.25, -0.2) is 0 Å². The van der Waals surface area contributed by atoms with Crippen LogP contribution in [0.15, 0.2) is 46.9 Å². The lowest BCUT2D eigenvalue weighted by atomic mass is 9.83. The van der Waals surface area contributed by atoms with Gasteiger partial charge < -0.3 is 14.8 Å². The predicted octanol–water partition coefficient (Wildman–Crippen LogP) is 4.09. The molecule has 0 radical (unpaired) electrons. The van der Waals surface area contributed by atoms with E-state index in [1.165, 1.54) is 0 Å². The summed E-state index contributed by atoms with van der Waals surface area (Å²) in [5, 5.41) is 2.94. The molecular weight excluding hydrogens is 346 g/mol. The Morgan fingerprint density at radius 1 is 1.09 bits per heavy atom. The highest BCUT2D eigenvalue weighted by atomic mass is 79.9. The third-order valence-electron chi connectivity index (χ3n) is 3.76. The van der Waals surface area contributed by atoms with Crippen molar-refractivity contribution in [3.05, 3.63) is 52.5 Å². The quantitative estimate of drug-likeness (QED) is 0.895. The van der Waals surface area contributed by atoms with Gasteiger partial charge in [-0.3, -0.25) is 4.79 Å². The SMILES string of the molecule is CC(C)(C(=O)Nc1ccc(Br)cc1)c1ccc2c(c1)OCO2. The van der Waals surface area contributed by atoms with Crippen LogP contribution in [0.25, 0.3) is 0 Å². The third-order valence-corrected chi connectivity index (χ3v) is 4.29. The number of anilines is 1. The molecule has 0 fully saturated rings. The number of halogens is 1. The molecule has 3 rings (SSSR count). The molecule has 0 spiro atoms. The molecule has 114 valence electrons. The summed E-state index contributed by atoms with van der Waals surface area (Å²) >= 11 is 3.38. The van der Waals surface area contributed by atoms with E-state index in [-0.39, 0.29) is 12.7 Å². The fourth-order valence-corrected chi connectivity index (χ4v) is 2.50. The molecule has 1 N–H and O–H groups in total. The topological polar surface area (TPSA) is 47.6 Å². The highest BCUT2D eigenvalue weighted by molar-refractivity contribution is 9.10. The first-order valence-corrected chi connectivity index (χ1v) is 7.73. The van der Waals surface area contributed by atoms with Crippen molar-refractivity contribution >= 4 is 27.5 Å². The lowest BCUT2D eigenvalue weighted by molar-refractivity contribution is -0.120. The van der Waals surface area contributed by atoms with Crippen LogP contribution in [0, 0.1) is 0 Å². The van der Waals surface area contributed by atoms with Gasteiger partial charge >= 0.3 is 0 Å². The minimum atomic E-state index is -0.686. The Labute approximate surface area is 137 Å². The van der Waals surface area contributed by atoms with Crippen molar-refractivity contribution in [3.63, 3.8) is 0 Å². The molecule has 2 aromatic rings. The number of hydrogen-bond donors (Lipinski definition) is 1. The van der Waals surface area contributed by atoms with Crippen molar-refractivity contribution in [3.8, 4) is 11.5 Å². The Kier molecular flexibility index (Phi) is 3.83. The van der Waals surface area contributed by atoms with E-state index < -0.39 is 5.41 Å². The first-order chi connectivity index (χ1) is 10.5. The fourth-order valence-electron chi connectivity index (χ4n) is 2.24. The number of amides is 1. The summed E-state index contributed by atoms with van der Waals surface area (Å²) < 4.78 is 11.7. The number of carbonyl (C=O) groups is 1. The molecule has 1 heterocycles. The maximum absolute atomic E-state index is 12.6. The highest BCUT2D eigenvalue weighted by Crippen LogP contribution is 2.36. The second-order valence-corrected chi connectivity index (χ2v) is 6.57. The maximum atomic E-state index is 12.6. The molecule has 4 nitrogen and oxygen atoms in total. The molecule has 0 aliphatic carbocycles. The van der Waals surface area contributed by atoms with E-state index in [0.29, 0.717) is 11.5 Å². The number of hydrogen-bond acceptors (Lipinski definition) is 3. The van der Waals surface area contributed by atoms with E-state index >= 15 is 0 Å². The van der Waals surface area contributed by atoms with Gasteiger partial charge in [0.15, 0.2) is 11.5 Å². The Morgan fingerprint density at radius 3 is 2.50 bits per heavy atom. The zero-order chi connectivity index (χ0) is 15.7. The van der Waals surface area contributed by atoms with E-state index in [1.807, 2.05) is 56.3 Å². The summed E-state index contributed by atoms with van der Waals surface area (Å²) in [7, 11) is 0. The number of nitrogens with one attached hydrogen (secondary N) is 1. The maximum Gasteiger partial charge on any atom is 0.234 e. The smallest absolute Gasteiger partial charge is 0.234 e. The average Bonchev–Trinajstić information content (AvgIpc) is 2.97. The van der Waals surface area contributed by atoms with Gasteiger partial charge in [-0.1, -0.05) is 22.0 Å². The van der Waals surface area contributed by atoms with Gasteiger partial charge in [-0.2, -0.15) is 0 Å². The molecule has 22 heavy (non-hydrogen) atoms. The van der Waals surface area contributed by atoms with Crippen LogP contribution in [-0.2, 0) is 10.2 Å². The average molecular weight is 362 g/mol. The Hall–Kier alpha value is -2.01. The molecular formula is C17H16BrNO3. The van der Waals surface area contributed by atoms with E-state index in [4.69, 9.17) is 9.47 Å². The molecule has 0 unspecified atom stereocenters. The second kappa shape index (κ2) is 5.65. The molecule has 0 bridgehead atoms. The van der Waals surface area contributed by atoms with Crippen LogP contribution >= 0.6 is 15.9 Å². The lowest BCUT2D eigenvalue weighted by Crippen LogP contribution is -2.34. The minimum Gasteiger partial charge on any atom is -0.454 e. The number of rotatable bonds is 3. The van der Waals surface area contributed by atoms with Crippen LogP contribution in [0.3, 0.4) is 0 Å². The van der Waals surface area contributed by atoms with E-state index in [9.17, 15) is 4.79 Å². The predicted molar refractivity (Wildman–Crippen MR) is 88.4 cm³/mol. The molecule has 5 heteroatoms. The molecule has 0 aromatic heterocycles. The number of fused-ring (bicyclic) bond motifs is 1. The molecule has 0 saturated heterocycles. The van der Waals surface area contributed by atoms with Crippen LogP contribution < -0.4 is 14.8 Å². The zero-order valence-corrected chi connectivity index (χ0v) is 13.9. The van der Waals surface area contributed by atoms with Crippen LogP contribution in [0.4, 0.5) is 5.69 Å². The van der Waals surface area contributed by atoms with Gasteiger partial charge in [-0.05, 0) is 55.8 Å². The zero-order valence-electron chi connectivity index (χ0n) is 12.4. The molecule has 1 aliphatic rings. The van der Waals surface area contributed by atoms with E-state index in [0.717, 1.165) is 15.7 Å². The van der Waals surface area contributed by atoms with Gasteiger partial charge in [0, 0.05) is 10.2 Å². The van der Waals surface area contributed by atoms with Crippen molar-refractivity contribution in [1.29, 1.82) is 0 Å². The van der Waals surface area contributed by atoms with Crippen LogP contribution in [-0.4, -0.2) is 12.7 Å². The van der Waals surface area contributed by atoms with E-state index in [1.54, 1.807) is 0 Å². The van der Waals surface area contributed by atoms with E-state index in [2.05, 4.69) is 21.2 Å². The van der Waals surface area contributed by atoms with Gasteiger partial charge in [0.2, 0.25) is 12.7 Å². The summed E-state index contributed by atoms with van der Waals surface area (Å²) in [6, 6.07) is 13.1. The summed E-state index contributed by atoms with van der Waals surface area (Å²) in [6.45, 7) is 4.00. The van der Waals surface area contributed by atoms with Crippen molar-refractivity contribution < 1.29 is 14.3 Å². The number of carbonyl (C=O) groups excluding carboxylic acids is 1. The summed E-state index contributed by atoms with van der Waals surface area (Å²) in [5.74, 6) is 1.32. The first-order valence-electron chi connectivity index (χ1n) is 6.94. The van der Waals surface area contributed by atoms with Crippen LogP contribution in [0.1, 0.15) is 19.4 Å². The molecule has 1 aliphatic heterocycles. The second-order valence-electron chi connectivity index (χ2n) is 5.65. The lowest BCUT2D eigenvalue weighted by Gasteiger charge is -2.24. The summed E-state index contributed by atoms with van der Waals surface area (Å²) in [4.78, 5) is 12.6. The molecule has 2 aromatic carbocycles. The third kappa shape index (κ3) is 2.81. The van der Waals surface area contributed by atoms with Gasteiger partial charge in [0.25, 0.3) is 0 Å². The Bertz CT molecular complexity index is 710. The normalized spacial score (nSPS) is 13.0.